The molecular weight excluding hydrogens is 244 g/mol. The normalized spacial score (nSPS) is 10.5. The van der Waals surface area contributed by atoms with Gasteiger partial charge in [-0.2, -0.15) is 4.98 Å². The third kappa shape index (κ3) is 2.26. The van der Waals surface area contributed by atoms with Crippen molar-refractivity contribution in [3.05, 3.63) is 54.1 Å². The molecule has 94 valence electrons. The van der Waals surface area contributed by atoms with E-state index in [0.717, 1.165) is 11.0 Å². The summed E-state index contributed by atoms with van der Waals surface area (Å²) in [7, 11) is 0. The number of H-pyrrole nitrogens is 1. The molecule has 5 heteroatoms. The van der Waals surface area contributed by atoms with E-state index in [1.807, 2.05) is 24.3 Å². The van der Waals surface area contributed by atoms with Gasteiger partial charge in [-0.15, -0.1) is 0 Å². The van der Waals surface area contributed by atoms with E-state index >= 15 is 0 Å². The van der Waals surface area contributed by atoms with E-state index in [0.29, 0.717) is 11.8 Å². The number of ether oxygens (including phenoxy) is 1. The van der Waals surface area contributed by atoms with Crippen molar-refractivity contribution in [2.45, 2.75) is 0 Å². The molecule has 0 amide bonds. The third-order valence-corrected chi connectivity index (χ3v) is 2.68. The molecule has 0 saturated carbocycles. The summed E-state index contributed by atoms with van der Waals surface area (Å²) in [5, 5.41) is 8.80. The molecule has 0 aliphatic heterocycles. The van der Waals surface area contributed by atoms with Crippen LogP contribution in [0, 0.1) is 0 Å². The average Bonchev–Trinajstić information content (AvgIpc) is 2.81. The summed E-state index contributed by atoms with van der Waals surface area (Å²) < 4.78 is 5.54. The Morgan fingerprint density at radius 1 is 1.11 bits per heavy atom. The number of hydrogen-bond donors (Lipinski definition) is 2. The Kier molecular flexibility index (Phi) is 2.64. The lowest BCUT2D eigenvalue weighted by molar-refractivity contribution is 0.0697. The molecule has 0 unspecified atom stereocenters. The number of carboxylic acid groups (broad SMARTS) is 1. The average molecular weight is 254 g/mol. The van der Waals surface area contributed by atoms with Crippen molar-refractivity contribution in [1.82, 2.24) is 9.97 Å². The first kappa shape index (κ1) is 11.3. The Morgan fingerprint density at radius 3 is 2.53 bits per heavy atom. The number of carbonyl (C=O) groups is 1. The van der Waals surface area contributed by atoms with E-state index in [4.69, 9.17) is 9.84 Å². The van der Waals surface area contributed by atoms with Crippen LogP contribution in [0.25, 0.3) is 11.0 Å². The molecule has 3 rings (SSSR count). The minimum Gasteiger partial charge on any atom is -0.478 e. The Hall–Kier alpha value is -2.82. The quantitative estimate of drug-likeness (QED) is 0.753. The summed E-state index contributed by atoms with van der Waals surface area (Å²) in [5.74, 6) is -0.431. The molecule has 1 heterocycles. The summed E-state index contributed by atoms with van der Waals surface area (Å²) in [4.78, 5) is 18.0. The van der Waals surface area contributed by atoms with Gasteiger partial charge in [-0.25, -0.2) is 4.79 Å². The number of aromatic amines is 1. The molecule has 0 atom stereocenters. The van der Waals surface area contributed by atoms with Gasteiger partial charge in [0.05, 0.1) is 16.6 Å². The van der Waals surface area contributed by atoms with Crippen LogP contribution in [-0.2, 0) is 0 Å². The van der Waals surface area contributed by atoms with Crippen LogP contribution in [-0.4, -0.2) is 21.0 Å². The summed E-state index contributed by atoms with van der Waals surface area (Å²) >= 11 is 0. The molecule has 0 spiro atoms. The van der Waals surface area contributed by atoms with Crippen molar-refractivity contribution in [3.8, 4) is 11.8 Å². The maximum Gasteiger partial charge on any atom is 0.335 e. The molecule has 1 aromatic heterocycles. The number of rotatable bonds is 3. The molecule has 0 radical (unpaired) electrons. The van der Waals surface area contributed by atoms with Crippen molar-refractivity contribution < 1.29 is 14.6 Å². The first-order valence-corrected chi connectivity index (χ1v) is 5.68. The topological polar surface area (TPSA) is 75.2 Å². The molecule has 0 fully saturated rings. The highest BCUT2D eigenvalue weighted by Gasteiger charge is 2.06. The lowest BCUT2D eigenvalue weighted by Gasteiger charge is -2.01. The minimum atomic E-state index is -0.963. The fraction of sp³-hybridized carbons (Fsp3) is 0. The molecule has 0 aliphatic rings. The number of carboxylic acids is 1. The number of hydrogen-bond acceptors (Lipinski definition) is 3. The van der Waals surface area contributed by atoms with E-state index in [9.17, 15) is 4.79 Å². The molecule has 19 heavy (non-hydrogen) atoms. The van der Waals surface area contributed by atoms with Crippen LogP contribution < -0.4 is 4.74 Å². The Balaban J connectivity index is 1.86. The number of nitrogens with one attached hydrogen (secondary N) is 1. The summed E-state index contributed by atoms with van der Waals surface area (Å²) in [6, 6.07) is 14.1. The van der Waals surface area contributed by atoms with Crippen molar-refractivity contribution in [3.63, 3.8) is 0 Å². The van der Waals surface area contributed by atoms with Crippen molar-refractivity contribution in [2.24, 2.45) is 0 Å². The highest BCUT2D eigenvalue weighted by atomic mass is 16.5. The molecule has 2 aromatic carbocycles. The summed E-state index contributed by atoms with van der Waals surface area (Å²) in [6.07, 6.45) is 0. The molecule has 5 nitrogen and oxygen atoms in total. The second-order valence-corrected chi connectivity index (χ2v) is 3.99. The maximum atomic E-state index is 10.7. The molecule has 0 saturated heterocycles. The number of benzene rings is 2. The van der Waals surface area contributed by atoms with Gasteiger partial charge in [0.2, 0.25) is 0 Å². The standard InChI is InChI=1S/C14H10N2O3/c17-13(18)9-5-7-10(8-6-9)19-14-15-11-3-1-2-4-12(11)16-14/h1-8H,(H,15,16)(H,17,18). The fourth-order valence-corrected chi connectivity index (χ4v) is 1.75. The van der Waals surface area contributed by atoms with Gasteiger partial charge in [0.15, 0.2) is 0 Å². The Labute approximate surface area is 108 Å². The largest absolute Gasteiger partial charge is 0.478 e. The first-order valence-electron chi connectivity index (χ1n) is 5.68. The van der Waals surface area contributed by atoms with E-state index in [1.165, 1.54) is 12.1 Å². The van der Waals surface area contributed by atoms with Crippen molar-refractivity contribution in [2.75, 3.05) is 0 Å². The zero-order valence-electron chi connectivity index (χ0n) is 9.83. The SMILES string of the molecule is O=C(O)c1ccc(Oc2nc3ccccc3[nH]2)cc1. The van der Waals surface area contributed by atoms with Crippen LogP contribution in [0.15, 0.2) is 48.5 Å². The van der Waals surface area contributed by atoms with Gasteiger partial charge >= 0.3 is 5.97 Å². The number of para-hydroxylation sites is 2. The van der Waals surface area contributed by atoms with Gasteiger partial charge in [0.25, 0.3) is 6.01 Å². The van der Waals surface area contributed by atoms with E-state index in [1.54, 1.807) is 12.1 Å². The highest BCUT2D eigenvalue weighted by molar-refractivity contribution is 5.87. The van der Waals surface area contributed by atoms with Gasteiger partial charge in [0.1, 0.15) is 5.75 Å². The number of nitrogens with zero attached hydrogens (tertiary/aromatic N) is 1. The Bertz CT molecular complexity index is 699. The van der Waals surface area contributed by atoms with Gasteiger partial charge < -0.3 is 14.8 Å². The monoisotopic (exact) mass is 254 g/mol. The third-order valence-electron chi connectivity index (χ3n) is 2.68. The predicted molar refractivity (Wildman–Crippen MR) is 69.6 cm³/mol. The Morgan fingerprint density at radius 2 is 1.84 bits per heavy atom. The van der Waals surface area contributed by atoms with Crippen LogP contribution in [0.4, 0.5) is 0 Å². The van der Waals surface area contributed by atoms with E-state index in [-0.39, 0.29) is 5.56 Å². The summed E-state index contributed by atoms with van der Waals surface area (Å²) in [6.45, 7) is 0. The number of imidazole rings is 1. The van der Waals surface area contributed by atoms with E-state index in [2.05, 4.69) is 9.97 Å². The molecule has 0 bridgehead atoms. The van der Waals surface area contributed by atoms with E-state index < -0.39 is 5.97 Å². The first-order chi connectivity index (χ1) is 9.22. The predicted octanol–water partition coefficient (Wildman–Crippen LogP) is 3.05. The maximum absolute atomic E-state index is 10.7. The van der Waals surface area contributed by atoms with Crippen LogP contribution in [0.5, 0.6) is 11.8 Å². The molecule has 3 aromatic rings. The van der Waals surface area contributed by atoms with Crippen molar-refractivity contribution >= 4 is 17.0 Å². The second kappa shape index (κ2) is 4.45. The number of aromatic nitrogens is 2. The fourth-order valence-electron chi connectivity index (χ4n) is 1.75. The molecule has 0 aliphatic carbocycles. The lowest BCUT2D eigenvalue weighted by Crippen LogP contribution is -1.95. The molecule has 2 N–H and O–H groups in total. The number of fused-ring (bicyclic) bond motifs is 1. The van der Waals surface area contributed by atoms with Crippen LogP contribution in [0.3, 0.4) is 0 Å². The minimum absolute atomic E-state index is 0.219. The van der Waals surface area contributed by atoms with Crippen LogP contribution in [0.2, 0.25) is 0 Å². The summed E-state index contributed by atoms with van der Waals surface area (Å²) in [5.41, 5.74) is 1.93. The zero-order chi connectivity index (χ0) is 13.2. The van der Waals surface area contributed by atoms with Gasteiger partial charge in [-0.05, 0) is 36.4 Å². The van der Waals surface area contributed by atoms with Crippen LogP contribution >= 0.6 is 0 Å². The second-order valence-electron chi connectivity index (χ2n) is 3.99. The smallest absolute Gasteiger partial charge is 0.335 e. The van der Waals surface area contributed by atoms with Gasteiger partial charge in [0, 0.05) is 0 Å². The van der Waals surface area contributed by atoms with Crippen molar-refractivity contribution in [1.29, 1.82) is 0 Å². The van der Waals surface area contributed by atoms with Gasteiger partial charge in [-0.1, -0.05) is 12.1 Å². The van der Waals surface area contributed by atoms with Gasteiger partial charge in [-0.3, -0.25) is 0 Å². The highest BCUT2D eigenvalue weighted by Crippen LogP contribution is 2.21. The number of aromatic carboxylic acids is 1. The lowest BCUT2D eigenvalue weighted by atomic mass is 10.2. The van der Waals surface area contributed by atoms with Crippen LogP contribution in [0.1, 0.15) is 10.4 Å². The molecular formula is C14H10N2O3. The zero-order valence-corrected chi connectivity index (χ0v) is 9.83.